The lowest BCUT2D eigenvalue weighted by Gasteiger charge is -2.69. The topological polar surface area (TPSA) is 462 Å². The van der Waals surface area contributed by atoms with E-state index in [1.54, 1.807) is 36.9 Å². The number of benzene rings is 3. The number of carbonyl (C=O) groups excluding carboxylic acids is 8. The quantitative estimate of drug-likeness (QED) is 0.00781. The predicted molar refractivity (Wildman–Crippen MR) is 420 cm³/mol. The molecule has 32 nitrogen and oxygen atoms in total. The van der Waals surface area contributed by atoms with Gasteiger partial charge in [0.25, 0.3) is 38.0 Å². The number of carboxylic acids is 1. The van der Waals surface area contributed by atoms with Crippen LogP contribution in [0.15, 0.2) is 96.7 Å². The number of rotatable bonds is 40. The number of aromatic carboxylic acids is 1. The van der Waals surface area contributed by atoms with E-state index in [0.717, 1.165) is 69.5 Å². The Morgan fingerprint density at radius 2 is 1.46 bits per heavy atom. The normalized spacial score (nSPS) is 20.6. The summed E-state index contributed by atoms with van der Waals surface area (Å²) < 4.78 is 82.1. The second-order valence-electron chi connectivity index (χ2n) is 31.1. The summed E-state index contributed by atoms with van der Waals surface area (Å²) in [5.74, 6) is -5.65. The monoisotopic (exact) mass is 1600 g/mol. The Kier molecular flexibility index (Phi) is 27.5. The van der Waals surface area contributed by atoms with E-state index < -0.39 is 110 Å². The number of pyridine rings is 1. The maximum atomic E-state index is 13.9. The number of carbonyl (C=O) groups is 9. The fourth-order valence-corrected chi connectivity index (χ4v) is 19.0. The molecule has 0 spiro atoms. The van der Waals surface area contributed by atoms with Crippen molar-refractivity contribution in [3.63, 3.8) is 0 Å². The number of unbranched alkanes of at least 4 members (excludes halogenated alkanes) is 2. The average Bonchev–Trinajstić information content (AvgIpc) is 0.753. The third-order valence-electron chi connectivity index (χ3n) is 21.3. The Bertz CT molecular complexity index is 4620. The van der Waals surface area contributed by atoms with Crippen LogP contribution < -0.4 is 42.5 Å². The van der Waals surface area contributed by atoms with Crippen molar-refractivity contribution < 1.29 is 83.7 Å². The minimum absolute atomic E-state index is 0.0366. The molecule has 5 aromatic rings. The molecule has 4 heterocycles. The summed E-state index contributed by atoms with van der Waals surface area (Å²) >= 11 is 1.38. The summed E-state index contributed by atoms with van der Waals surface area (Å²) in [5, 5.41) is 37.1. The maximum Gasteiger partial charge on any atom is 0.410 e. The van der Waals surface area contributed by atoms with Crippen molar-refractivity contribution in [1.29, 1.82) is 5.41 Å². The highest BCUT2D eigenvalue weighted by atomic mass is 32.2. The number of allylic oxidation sites excluding steroid dienone is 2. The second-order valence-corrected chi connectivity index (χ2v) is 35.2. The third kappa shape index (κ3) is 22.8. The van der Waals surface area contributed by atoms with Crippen LogP contribution in [-0.2, 0) is 73.3 Å². The van der Waals surface area contributed by atoms with Gasteiger partial charge >= 0.3 is 18.1 Å². The molecule has 4 fully saturated rings. The minimum atomic E-state index is -4.62. The number of amides is 9. The maximum absolute atomic E-state index is 13.9. The summed E-state index contributed by atoms with van der Waals surface area (Å²) in [6.45, 7) is 10.2. The molecule has 4 saturated carbocycles. The Morgan fingerprint density at radius 1 is 0.759 bits per heavy atom. The van der Waals surface area contributed by atoms with Crippen LogP contribution in [0.3, 0.4) is 0 Å². The molecule has 2 aliphatic heterocycles. The van der Waals surface area contributed by atoms with Crippen molar-refractivity contribution in [2.75, 3.05) is 92.5 Å². The molecular weight excluding hydrogens is 1510 g/mol. The number of aromatic nitrogens is 2. The minimum Gasteiger partial charge on any atom is -0.476 e. The van der Waals surface area contributed by atoms with Crippen LogP contribution in [0.5, 0.6) is 0 Å². The molecule has 0 saturated heterocycles. The van der Waals surface area contributed by atoms with Gasteiger partial charge in [0.15, 0.2) is 10.8 Å². The van der Waals surface area contributed by atoms with Crippen molar-refractivity contribution in [1.82, 2.24) is 45.9 Å². The predicted octanol–water partition coefficient (Wildman–Crippen LogP) is 7.52. The van der Waals surface area contributed by atoms with Gasteiger partial charge in [0.1, 0.15) is 24.5 Å². The Labute approximate surface area is 654 Å². The highest BCUT2D eigenvalue weighted by molar-refractivity contribution is 7.86. The van der Waals surface area contributed by atoms with Gasteiger partial charge in [-0.25, -0.2) is 24.4 Å². The number of nitrogens with two attached hydrogens (primary N) is 1. The first-order valence-corrected chi connectivity index (χ1v) is 41.5. The first-order valence-electron chi connectivity index (χ1n) is 37.5. The van der Waals surface area contributed by atoms with Crippen LogP contribution in [0.1, 0.15) is 155 Å². The number of imide groups is 1. The van der Waals surface area contributed by atoms with Gasteiger partial charge in [-0.05, 0) is 159 Å². The Balaban J connectivity index is 0.744. The molecule has 3 unspecified atom stereocenters. The number of para-hydroxylation sites is 1. The molecule has 604 valence electrons. The highest BCUT2D eigenvalue weighted by Crippen LogP contribution is 2.71. The first kappa shape index (κ1) is 84.7. The van der Waals surface area contributed by atoms with Crippen molar-refractivity contribution >= 4 is 124 Å². The van der Waals surface area contributed by atoms with Gasteiger partial charge in [0.2, 0.25) is 17.7 Å². The fraction of sp³-hybridized carbons (Fsp3) is 0.506. The van der Waals surface area contributed by atoms with E-state index in [9.17, 15) is 74.2 Å². The molecule has 11 rings (SSSR count). The largest absolute Gasteiger partial charge is 0.476 e. The summed E-state index contributed by atoms with van der Waals surface area (Å²) in [6.07, 6.45) is 9.63. The molecule has 4 atom stereocenters. The number of nitrogens with zero attached hydrogens (tertiary/aromatic N) is 6. The van der Waals surface area contributed by atoms with E-state index in [1.807, 2.05) is 48.2 Å². The number of nitrogens with one attached hydrogen (secondary N) is 7. The van der Waals surface area contributed by atoms with E-state index in [-0.39, 0.29) is 111 Å². The van der Waals surface area contributed by atoms with Gasteiger partial charge in [-0.2, -0.15) is 16.8 Å². The zero-order chi connectivity index (χ0) is 80.9. The Hall–Kier alpha value is -9.78. The second kappa shape index (κ2) is 36.4. The summed E-state index contributed by atoms with van der Waals surface area (Å²) in [4.78, 5) is 132. The van der Waals surface area contributed by atoms with Crippen LogP contribution in [-0.4, -0.2) is 210 Å². The number of thiazole rings is 1. The summed E-state index contributed by atoms with van der Waals surface area (Å²) in [7, 11) is -9.12. The molecule has 4 bridgehead atoms. The summed E-state index contributed by atoms with van der Waals surface area (Å²) in [5.41, 5.74) is 8.66. The SMILES string of the molecule is C/C(NCC12CC3(C)CC(C)(C1)CC(OCCN(CCN(CCS(=O)(=O)O)C(=O)OCc1ccc(NC(=O)[C@H](CCCNC(N)=O)NC(=O)C(NC(=O)CCCCCN4C(=O)C=CC4=O)C(C)C)cc1)CCS(=O)(=O)O)(C3)C2)=C(/C=N)c1ccc(N2CCc3cccc(C(=O)Nc4nc5ccccc5s4)c3C2)nc1C(=O)O. The molecule has 4 aliphatic carbocycles. The van der Waals surface area contributed by atoms with Crippen LogP contribution >= 0.6 is 11.3 Å². The van der Waals surface area contributed by atoms with Crippen LogP contribution in [0.2, 0.25) is 0 Å². The summed E-state index contributed by atoms with van der Waals surface area (Å²) in [6, 6.07) is 19.7. The number of fused-ring (bicyclic) bond motifs is 2. The van der Waals surface area contributed by atoms with E-state index in [1.165, 1.54) is 47.8 Å². The van der Waals surface area contributed by atoms with E-state index in [2.05, 4.69) is 50.7 Å². The molecule has 2 aromatic heterocycles. The number of anilines is 3. The van der Waals surface area contributed by atoms with E-state index in [0.29, 0.717) is 85.1 Å². The third-order valence-corrected chi connectivity index (χ3v) is 23.7. The first-order chi connectivity index (χ1) is 53.0. The van der Waals surface area contributed by atoms with Crippen molar-refractivity contribution in [3.05, 3.63) is 130 Å². The van der Waals surface area contributed by atoms with Crippen molar-refractivity contribution in [2.45, 2.75) is 149 Å². The smallest absolute Gasteiger partial charge is 0.410 e. The zero-order valence-corrected chi connectivity index (χ0v) is 66.0. The Morgan fingerprint density at radius 3 is 2.13 bits per heavy atom. The van der Waals surface area contributed by atoms with E-state index >= 15 is 0 Å². The lowest BCUT2D eigenvalue weighted by Crippen LogP contribution is -2.65. The number of carboxylic acid groups (broad SMARTS) is 1. The van der Waals surface area contributed by atoms with Crippen molar-refractivity contribution in [3.8, 4) is 0 Å². The molecule has 0 radical (unpaired) electrons. The van der Waals surface area contributed by atoms with Crippen LogP contribution in [0, 0.1) is 27.6 Å². The van der Waals surface area contributed by atoms with Gasteiger partial charge in [-0.3, -0.25) is 53.0 Å². The number of hydrogen-bond donors (Lipinski definition) is 11. The average molecular weight is 1610 g/mol. The number of hydrogen-bond acceptors (Lipinski definition) is 22. The highest BCUT2D eigenvalue weighted by Gasteiger charge is 2.66. The number of ether oxygens (including phenoxy) is 2. The molecule has 112 heavy (non-hydrogen) atoms. The fourth-order valence-electron chi connectivity index (χ4n) is 17.2. The van der Waals surface area contributed by atoms with Crippen LogP contribution in [0.25, 0.3) is 15.8 Å². The number of primary amides is 1. The lowest BCUT2D eigenvalue weighted by molar-refractivity contribution is -0.243. The molecule has 35 heteroatoms. The molecule has 12 N–H and O–H groups in total. The van der Waals surface area contributed by atoms with Gasteiger partial charge in [0.05, 0.1) is 33.9 Å². The van der Waals surface area contributed by atoms with Gasteiger partial charge in [-0.1, -0.05) is 81.9 Å². The van der Waals surface area contributed by atoms with Gasteiger partial charge in [-0.15, -0.1) is 0 Å². The van der Waals surface area contributed by atoms with Gasteiger partial charge < -0.3 is 62.1 Å². The molecule has 3 aromatic carbocycles. The number of urea groups is 1. The zero-order valence-electron chi connectivity index (χ0n) is 63.5. The van der Waals surface area contributed by atoms with Crippen LogP contribution in [0.4, 0.5) is 26.2 Å². The standard InChI is InChI=1S/C77H100N14O18S3/c1-49(2)65(86-62(92)18-7-6-10-29-91-63(93)25-26-64(91)94)69(97)83-59(16-12-28-80-71(79)100)68(96)82-53-21-19-51(20-22-53)41-108-73(101)89(35-38-112(105,106)107)32-31-88(34-37-111(102,103)104)33-36-109-77-45-74(4)42-75(5,46-77)44-76(43-74,47-77)48-81-50(3)56(39-78)54-23-24-61(85-66(54)70(98)99)90-30-27-52-13-11-14-55(57(52)40-90)67(95)87-72-84-58-15-8-9-17-60(58)110-72/h8-9,11,13-15,17,19-26,39,49,59,65,78,81H,6-7,10,12,16,18,27-38,40-48H2,1-5H3,(H,82,96)(H,83,97)(H,86,92)(H,98,99)(H3,79,80,100)(H,84,87,95)(H,102,103,104)(H,105,106,107)/b56-50+,78-39?/t59-,65?,74?,75?,76?,77?/m0/s1. The lowest BCUT2D eigenvalue weighted by atomic mass is 9.39. The van der Waals surface area contributed by atoms with Gasteiger partial charge in [0, 0.05) is 118 Å². The molecule has 9 amide bonds. The van der Waals surface area contributed by atoms with E-state index in [4.69, 9.17) is 25.6 Å². The molecular formula is C77H100N14O18S3. The van der Waals surface area contributed by atoms with Crippen molar-refractivity contribution in [2.24, 2.45) is 27.9 Å². The molecule has 6 aliphatic rings.